The first kappa shape index (κ1) is 59.7. The van der Waals surface area contributed by atoms with Crippen LogP contribution < -0.4 is 20.4 Å². The third-order valence-electron chi connectivity index (χ3n) is 15.5. The minimum absolute atomic E-state index is 0. The van der Waals surface area contributed by atoms with E-state index in [1.165, 1.54) is 94.5 Å². The molecule has 12 rings (SSSR count). The van der Waals surface area contributed by atoms with Crippen molar-refractivity contribution in [3.63, 3.8) is 0 Å². The Hall–Kier alpha value is -8.46. The highest BCUT2D eigenvalue weighted by molar-refractivity contribution is 6.10. The van der Waals surface area contributed by atoms with Crippen LogP contribution in [0.1, 0.15) is 104 Å². The fourth-order valence-corrected chi connectivity index (χ4v) is 10.9. The van der Waals surface area contributed by atoms with Crippen LogP contribution in [0.25, 0.3) is 34.3 Å². The summed E-state index contributed by atoms with van der Waals surface area (Å²) in [7, 11) is 0. The van der Waals surface area contributed by atoms with Crippen molar-refractivity contribution in [1.82, 2.24) is 48.7 Å². The monoisotopic (exact) mass is 1200 g/mol. The van der Waals surface area contributed by atoms with Gasteiger partial charge in [-0.2, -0.15) is 43.9 Å². The summed E-state index contributed by atoms with van der Waals surface area (Å²) in [5, 5.41) is 5.60. The average Bonchev–Trinajstić information content (AvgIpc) is 1.63. The second-order valence-electron chi connectivity index (χ2n) is 21.9. The van der Waals surface area contributed by atoms with Crippen LogP contribution >= 0.6 is 0 Å². The van der Waals surface area contributed by atoms with E-state index in [1.807, 2.05) is 23.6 Å². The summed E-state index contributed by atoms with van der Waals surface area (Å²) >= 11 is 0. The molecule has 0 radical (unpaired) electrons. The molecule has 0 aliphatic carbocycles. The summed E-state index contributed by atoms with van der Waals surface area (Å²) in [5.41, 5.74) is -0.173. The molecular weight excluding hydrogens is 1140 g/mol. The number of aryl methyl sites for hydroxylation is 2. The van der Waals surface area contributed by atoms with E-state index < -0.39 is 78.3 Å². The lowest BCUT2D eigenvalue weighted by atomic mass is 9.76. The molecular formula is C57H58F12N14O2. The van der Waals surface area contributed by atoms with Gasteiger partial charge in [-0.3, -0.25) is 9.59 Å². The fourth-order valence-electron chi connectivity index (χ4n) is 10.9. The minimum atomic E-state index is -5.70. The predicted octanol–water partition coefficient (Wildman–Crippen LogP) is 12.4. The second-order valence-corrected chi connectivity index (χ2v) is 21.9. The number of aromatic nitrogens is 10. The number of benzene rings is 2. The van der Waals surface area contributed by atoms with Gasteiger partial charge in [0.25, 0.3) is 0 Å². The molecule has 2 fully saturated rings. The lowest BCUT2D eigenvalue weighted by molar-refractivity contribution is -0.284. The van der Waals surface area contributed by atoms with Gasteiger partial charge in [-0.15, -0.1) is 0 Å². The van der Waals surface area contributed by atoms with Gasteiger partial charge in [0.1, 0.15) is 57.1 Å². The third-order valence-corrected chi connectivity index (χ3v) is 15.5. The third kappa shape index (κ3) is 10.8. The zero-order chi connectivity index (χ0) is 61.4. The van der Waals surface area contributed by atoms with Gasteiger partial charge in [0, 0.05) is 79.1 Å². The van der Waals surface area contributed by atoms with Crippen molar-refractivity contribution in [2.45, 2.75) is 115 Å². The van der Waals surface area contributed by atoms with E-state index in [2.05, 4.69) is 54.4 Å². The first-order valence-electron chi connectivity index (χ1n) is 27.0. The molecule has 4 aliphatic heterocycles. The second kappa shape index (κ2) is 21.6. The Kier molecular flexibility index (Phi) is 15.1. The number of imidazole rings is 2. The van der Waals surface area contributed by atoms with Gasteiger partial charge in [-0.25, -0.2) is 48.7 Å². The maximum atomic E-state index is 13.8. The van der Waals surface area contributed by atoms with Crippen LogP contribution in [0.5, 0.6) is 0 Å². The Balaban J connectivity index is 0.000000215. The zero-order valence-electron chi connectivity index (χ0n) is 46.4. The van der Waals surface area contributed by atoms with Crippen LogP contribution in [-0.4, -0.2) is 111 Å². The highest BCUT2D eigenvalue weighted by Gasteiger charge is 2.58. The van der Waals surface area contributed by atoms with E-state index in [0.717, 1.165) is 12.8 Å². The number of carbonyl (C=O) groups excluding carboxylic acids is 2. The molecule has 6 aromatic heterocycles. The van der Waals surface area contributed by atoms with Crippen LogP contribution in [0.3, 0.4) is 0 Å². The van der Waals surface area contributed by atoms with Crippen molar-refractivity contribution >= 4 is 46.4 Å². The van der Waals surface area contributed by atoms with Crippen LogP contribution in [0, 0.1) is 17.0 Å². The molecule has 4 aliphatic rings. The molecule has 0 bridgehead atoms. The van der Waals surface area contributed by atoms with Crippen molar-refractivity contribution in [2.24, 2.45) is 5.41 Å². The number of hydrogen-bond donors (Lipinski definition) is 2. The molecule has 10 heterocycles. The van der Waals surface area contributed by atoms with E-state index in [-0.39, 0.29) is 71.5 Å². The SMILES string of the molecule is CC.CC1(C)CN(c2nc(-c3cn4ccnc4c(CCC(F)(F)C(F)(F)F)n3)nc3c2C(C)(c2ccc(F)cc2)C(=O)N3)C1.CC1(c2ccc(F)cc2)C(=O)Nc2nc(-c3cn4ccnc4c(CCC(F)(F)C(F)(F)F)n3)nc(N3CCCC3)c21.[HH].[HH]. The molecule has 28 heteroatoms. The van der Waals surface area contributed by atoms with Gasteiger partial charge < -0.3 is 29.2 Å². The lowest BCUT2D eigenvalue weighted by Crippen LogP contribution is -2.54. The van der Waals surface area contributed by atoms with E-state index in [1.54, 1.807) is 13.8 Å². The number of alkyl halides is 10. The fraction of sp³-hybridized carbons (Fsp3) is 0.404. The lowest BCUT2D eigenvalue weighted by Gasteiger charge is -2.47. The van der Waals surface area contributed by atoms with Gasteiger partial charge in [0.05, 0.1) is 22.5 Å². The summed E-state index contributed by atoms with van der Waals surface area (Å²) in [6.45, 7) is 14.1. The van der Waals surface area contributed by atoms with Crippen molar-refractivity contribution in [3.8, 4) is 23.0 Å². The molecule has 0 saturated carbocycles. The summed E-state index contributed by atoms with van der Waals surface area (Å²) < 4.78 is 162. The van der Waals surface area contributed by atoms with E-state index in [9.17, 15) is 62.3 Å². The zero-order valence-corrected chi connectivity index (χ0v) is 46.4. The molecule has 8 aromatic rings. The molecule has 2 unspecified atom stereocenters. The largest absolute Gasteiger partial charge is 0.453 e. The molecule has 2 N–H and O–H groups in total. The number of nitrogens with zero attached hydrogens (tertiary/aromatic N) is 12. The first-order valence-corrected chi connectivity index (χ1v) is 27.0. The molecule has 452 valence electrons. The molecule has 16 nitrogen and oxygen atoms in total. The van der Waals surface area contributed by atoms with Gasteiger partial charge in [-0.05, 0) is 80.3 Å². The Bertz CT molecular complexity index is 3870. The maximum absolute atomic E-state index is 13.8. The standard InChI is InChI=1S/C28H25F6N7O.C27H23F6N7O.C2H6.2H2/c1-25(2)13-41(14-25)23-19-21(39-24(42)26(19,3)15-4-6-16(29)7-5-15)37-20(38-23)18-12-40-11-10-35-22(40)17(36-18)8-9-27(30,31)28(32,33)34;1-25(15-4-6-16(28)7-5-15)19-21(38-24(25)41)36-20(37-23(19)39-11-2-3-12-39)18-14-40-13-10-34-22(40)17(35-18)8-9-26(29,30)27(31,32)33;1-2;;/h4-7,10-12H,8-9,13-14H2,1-3H3,(H,37,38,39,42);4-7,10,13-14H,2-3,8-9,11-12H2,1H3,(H,36,37,38,41);1-2H3;2*1H. The van der Waals surface area contributed by atoms with E-state index >= 15 is 0 Å². The number of nitrogens with one attached hydrogen (secondary N) is 2. The highest BCUT2D eigenvalue weighted by atomic mass is 19.4. The number of anilines is 4. The molecule has 2 amide bonds. The highest BCUT2D eigenvalue weighted by Crippen LogP contribution is 2.51. The Labute approximate surface area is 480 Å². The number of fused-ring (bicyclic) bond motifs is 4. The van der Waals surface area contributed by atoms with Crippen LogP contribution in [-0.2, 0) is 33.3 Å². The van der Waals surface area contributed by atoms with E-state index in [0.29, 0.717) is 60.1 Å². The summed E-state index contributed by atoms with van der Waals surface area (Å²) in [6, 6.07) is 11.2. The van der Waals surface area contributed by atoms with Crippen molar-refractivity contribution in [2.75, 3.05) is 46.6 Å². The summed E-state index contributed by atoms with van der Waals surface area (Å²) in [4.78, 5) is 66.4. The van der Waals surface area contributed by atoms with Gasteiger partial charge in [0.2, 0.25) is 11.8 Å². The molecule has 85 heavy (non-hydrogen) atoms. The average molecular weight is 1200 g/mol. The van der Waals surface area contributed by atoms with Crippen molar-refractivity contribution in [3.05, 3.63) is 131 Å². The number of amides is 2. The quantitative estimate of drug-likeness (QED) is 0.111. The Morgan fingerprint density at radius 2 is 0.918 bits per heavy atom. The normalized spacial score (nSPS) is 19.2. The maximum Gasteiger partial charge on any atom is 0.453 e. The van der Waals surface area contributed by atoms with Gasteiger partial charge >= 0.3 is 24.2 Å². The topological polar surface area (TPSA) is 177 Å². The van der Waals surface area contributed by atoms with E-state index in [4.69, 9.17) is 9.97 Å². The molecule has 2 atom stereocenters. The molecule has 2 saturated heterocycles. The number of hydrogen-bond acceptors (Lipinski definition) is 12. The first-order chi connectivity index (χ1) is 40.0. The number of rotatable bonds is 12. The van der Waals surface area contributed by atoms with Crippen LogP contribution in [0.15, 0.2) is 85.7 Å². The van der Waals surface area contributed by atoms with Crippen LogP contribution in [0.4, 0.5) is 76.0 Å². The molecule has 0 spiro atoms. The predicted molar refractivity (Wildman–Crippen MR) is 293 cm³/mol. The van der Waals surface area contributed by atoms with Crippen molar-refractivity contribution < 1.29 is 65.1 Å². The molecule has 2 aromatic carbocycles. The van der Waals surface area contributed by atoms with Crippen LogP contribution in [0.2, 0.25) is 0 Å². The summed E-state index contributed by atoms with van der Waals surface area (Å²) in [5.74, 6) is -10.1. The Morgan fingerprint density at radius 3 is 1.28 bits per heavy atom. The Morgan fingerprint density at radius 1 is 0.541 bits per heavy atom. The summed E-state index contributed by atoms with van der Waals surface area (Å²) in [6.07, 6.45) is -5.30. The van der Waals surface area contributed by atoms with Gasteiger partial charge in [0.15, 0.2) is 22.9 Å². The number of carbonyl (C=O) groups is 2. The number of halogens is 12. The van der Waals surface area contributed by atoms with Gasteiger partial charge in [-0.1, -0.05) is 52.0 Å². The minimum Gasteiger partial charge on any atom is -0.356 e. The van der Waals surface area contributed by atoms with Crippen molar-refractivity contribution in [1.29, 1.82) is 0 Å². The smallest absolute Gasteiger partial charge is 0.356 e.